The van der Waals surface area contributed by atoms with Crippen LogP contribution in [0.4, 0.5) is 0 Å². The Morgan fingerprint density at radius 1 is 1.17 bits per heavy atom. The maximum atomic E-state index is 12.3. The van der Waals surface area contributed by atoms with Gasteiger partial charge in [-0.2, -0.15) is 0 Å². The highest BCUT2D eigenvalue weighted by molar-refractivity contribution is 5.45. The van der Waals surface area contributed by atoms with Gasteiger partial charge in [0.2, 0.25) is 5.65 Å². The van der Waals surface area contributed by atoms with Crippen LogP contribution in [0.3, 0.4) is 0 Å². The first-order chi connectivity index (χ1) is 8.66. The molecule has 0 bridgehead atoms. The molecule has 0 N–H and O–H groups in total. The van der Waals surface area contributed by atoms with E-state index in [4.69, 9.17) is 0 Å². The minimum atomic E-state index is -0.165. The van der Waals surface area contributed by atoms with Gasteiger partial charge in [0.15, 0.2) is 0 Å². The molecule has 0 saturated heterocycles. The molecule has 0 spiro atoms. The number of aryl methyl sites for hydroxylation is 2. The summed E-state index contributed by atoms with van der Waals surface area (Å²) in [5.41, 5.74) is 3.27. The Hall–Kier alpha value is -2.43. The van der Waals surface area contributed by atoms with Crippen LogP contribution < -0.4 is 5.56 Å². The van der Waals surface area contributed by atoms with Crippen LogP contribution in [0.5, 0.6) is 0 Å². The Morgan fingerprint density at radius 3 is 2.78 bits per heavy atom. The van der Waals surface area contributed by atoms with Gasteiger partial charge >= 0.3 is 5.56 Å². The number of hydrogen-bond donors (Lipinski definition) is 0. The van der Waals surface area contributed by atoms with Gasteiger partial charge in [-0.1, -0.05) is 17.7 Å². The lowest BCUT2D eigenvalue weighted by Gasteiger charge is -2.09. The van der Waals surface area contributed by atoms with Gasteiger partial charge in [-0.3, -0.25) is 13.8 Å². The van der Waals surface area contributed by atoms with Crippen LogP contribution in [-0.4, -0.2) is 19.2 Å². The van der Waals surface area contributed by atoms with Crippen molar-refractivity contribution in [1.29, 1.82) is 0 Å². The molecule has 0 aliphatic heterocycles. The Morgan fingerprint density at radius 2 is 2.00 bits per heavy atom. The van der Waals surface area contributed by atoms with E-state index in [0.29, 0.717) is 5.65 Å². The van der Waals surface area contributed by atoms with Crippen molar-refractivity contribution in [1.82, 2.24) is 19.2 Å². The van der Waals surface area contributed by atoms with Crippen LogP contribution in [0.15, 0.2) is 41.7 Å². The third-order valence-corrected chi connectivity index (χ3v) is 2.97. The molecule has 0 fully saturated rings. The predicted octanol–water partition coefficient (Wildman–Crippen LogP) is 1.50. The molecule has 0 saturated carbocycles. The van der Waals surface area contributed by atoms with E-state index in [2.05, 4.69) is 16.3 Å². The second-order valence-electron chi connectivity index (χ2n) is 4.33. The first-order valence-corrected chi connectivity index (χ1v) is 5.65. The molecule has 2 aromatic heterocycles. The zero-order chi connectivity index (χ0) is 12.7. The number of benzene rings is 1. The van der Waals surface area contributed by atoms with Gasteiger partial charge in [0, 0.05) is 12.4 Å². The summed E-state index contributed by atoms with van der Waals surface area (Å²) in [4.78, 5) is 12.3. The van der Waals surface area contributed by atoms with Crippen LogP contribution in [0.25, 0.3) is 11.3 Å². The lowest BCUT2D eigenvalue weighted by molar-refractivity contribution is 0.940. The minimum Gasteiger partial charge on any atom is -0.283 e. The summed E-state index contributed by atoms with van der Waals surface area (Å²) < 4.78 is 3.21. The predicted molar refractivity (Wildman–Crippen MR) is 68.1 cm³/mol. The number of hydrogen-bond acceptors (Lipinski definition) is 3. The highest BCUT2D eigenvalue weighted by Gasteiger charge is 2.08. The molecule has 90 valence electrons. The normalized spacial score (nSPS) is 11.0. The third-order valence-electron chi connectivity index (χ3n) is 2.97. The van der Waals surface area contributed by atoms with Gasteiger partial charge in [-0.15, -0.1) is 10.2 Å². The number of aromatic nitrogens is 4. The molecule has 5 nitrogen and oxygen atoms in total. The fraction of sp³-hybridized carbons (Fsp3) is 0.154. The molecule has 3 rings (SSSR count). The molecule has 0 amide bonds. The van der Waals surface area contributed by atoms with Crippen molar-refractivity contribution in [2.75, 3.05) is 0 Å². The Bertz CT molecular complexity index is 785. The van der Waals surface area contributed by atoms with E-state index in [1.165, 1.54) is 11.9 Å². The molecule has 5 heteroatoms. The van der Waals surface area contributed by atoms with Gasteiger partial charge in [0.05, 0.1) is 5.69 Å². The smallest absolute Gasteiger partial charge is 0.283 e. The zero-order valence-corrected chi connectivity index (χ0v) is 10.2. The quantitative estimate of drug-likeness (QED) is 0.647. The average molecular weight is 240 g/mol. The van der Waals surface area contributed by atoms with Crippen molar-refractivity contribution in [3.05, 3.63) is 58.4 Å². The Balaban J connectivity index is 2.31. The average Bonchev–Trinajstić information content (AvgIpc) is 2.80. The first kappa shape index (κ1) is 10.7. The summed E-state index contributed by atoms with van der Waals surface area (Å²) in [5.74, 6) is 0. The van der Waals surface area contributed by atoms with Crippen molar-refractivity contribution in [3.63, 3.8) is 0 Å². The summed E-state index contributed by atoms with van der Waals surface area (Å²) >= 11 is 0. The summed E-state index contributed by atoms with van der Waals surface area (Å²) in [6.45, 7) is 4.02. The number of fused-ring (bicyclic) bond motifs is 1. The van der Waals surface area contributed by atoms with Crippen LogP contribution >= 0.6 is 0 Å². The molecule has 2 heterocycles. The van der Waals surface area contributed by atoms with Crippen molar-refractivity contribution >= 4 is 5.65 Å². The van der Waals surface area contributed by atoms with Crippen LogP contribution in [0.1, 0.15) is 11.1 Å². The second-order valence-corrected chi connectivity index (χ2v) is 4.33. The first-order valence-electron chi connectivity index (χ1n) is 5.65. The second kappa shape index (κ2) is 3.80. The standard InChI is InChI=1S/C13H12N4O/c1-9-3-4-11(10(2)7-9)17-6-5-16-8-14-15-12(16)13(17)18/h3-8H,1-2H3. The summed E-state index contributed by atoms with van der Waals surface area (Å²) in [5, 5.41) is 7.56. The topological polar surface area (TPSA) is 52.2 Å². The van der Waals surface area contributed by atoms with Crippen molar-refractivity contribution in [3.8, 4) is 5.69 Å². The Labute approximate surface area is 103 Å². The maximum Gasteiger partial charge on any atom is 0.300 e. The molecule has 0 aliphatic rings. The molecule has 0 atom stereocenters. The Kier molecular flexibility index (Phi) is 2.26. The van der Waals surface area contributed by atoms with E-state index < -0.39 is 0 Å². The van der Waals surface area contributed by atoms with Crippen LogP contribution in [-0.2, 0) is 0 Å². The van der Waals surface area contributed by atoms with Crippen LogP contribution in [0.2, 0.25) is 0 Å². The highest BCUT2D eigenvalue weighted by Crippen LogP contribution is 2.13. The van der Waals surface area contributed by atoms with E-state index in [-0.39, 0.29) is 5.56 Å². The third kappa shape index (κ3) is 1.52. The number of rotatable bonds is 1. The fourth-order valence-corrected chi connectivity index (χ4v) is 2.08. The van der Waals surface area contributed by atoms with Crippen LogP contribution in [0, 0.1) is 13.8 Å². The van der Waals surface area contributed by atoms with E-state index in [0.717, 1.165) is 11.3 Å². The molecule has 0 aliphatic carbocycles. The minimum absolute atomic E-state index is 0.165. The summed E-state index contributed by atoms with van der Waals surface area (Å²) in [7, 11) is 0. The molecular weight excluding hydrogens is 228 g/mol. The van der Waals surface area contributed by atoms with Crippen molar-refractivity contribution < 1.29 is 0 Å². The van der Waals surface area contributed by atoms with E-state index in [1.807, 2.05) is 26.0 Å². The summed E-state index contributed by atoms with van der Waals surface area (Å²) in [6, 6.07) is 5.98. The van der Waals surface area contributed by atoms with Gasteiger partial charge < -0.3 is 0 Å². The molecule has 3 aromatic rings. The van der Waals surface area contributed by atoms with Gasteiger partial charge in [-0.05, 0) is 25.5 Å². The van der Waals surface area contributed by atoms with Crippen molar-refractivity contribution in [2.45, 2.75) is 13.8 Å². The molecule has 0 radical (unpaired) electrons. The lowest BCUT2D eigenvalue weighted by Crippen LogP contribution is -2.20. The largest absolute Gasteiger partial charge is 0.300 e. The molecule has 1 aromatic carbocycles. The molecular formula is C13H12N4O. The molecule has 18 heavy (non-hydrogen) atoms. The van der Waals surface area contributed by atoms with E-state index in [9.17, 15) is 4.79 Å². The monoisotopic (exact) mass is 240 g/mol. The van der Waals surface area contributed by atoms with Crippen molar-refractivity contribution in [2.24, 2.45) is 0 Å². The zero-order valence-electron chi connectivity index (χ0n) is 10.2. The SMILES string of the molecule is Cc1ccc(-n2ccn3cnnc3c2=O)c(C)c1. The van der Waals surface area contributed by atoms with Gasteiger partial charge in [0.25, 0.3) is 0 Å². The highest BCUT2D eigenvalue weighted by atomic mass is 16.1. The van der Waals surface area contributed by atoms with Gasteiger partial charge in [-0.25, -0.2) is 0 Å². The van der Waals surface area contributed by atoms with Gasteiger partial charge in [0.1, 0.15) is 6.33 Å². The fourth-order valence-electron chi connectivity index (χ4n) is 2.08. The molecule has 0 unspecified atom stereocenters. The van der Waals surface area contributed by atoms with E-state index in [1.54, 1.807) is 21.4 Å². The number of nitrogens with zero attached hydrogens (tertiary/aromatic N) is 4. The lowest BCUT2D eigenvalue weighted by atomic mass is 10.1. The summed E-state index contributed by atoms with van der Waals surface area (Å²) in [6.07, 6.45) is 5.02. The maximum absolute atomic E-state index is 12.3. The van der Waals surface area contributed by atoms with E-state index >= 15 is 0 Å².